The Kier molecular flexibility index (Phi) is 3.25. The molecule has 0 amide bonds. The van der Waals surface area contributed by atoms with Crippen molar-refractivity contribution < 1.29 is 14.3 Å². The molecule has 0 heterocycles. The molecule has 100 valence electrons. The van der Waals surface area contributed by atoms with Crippen molar-refractivity contribution in [2.45, 2.75) is 6.10 Å². The minimum atomic E-state index is -0.426. The Bertz CT molecular complexity index is 628. The summed E-state index contributed by atoms with van der Waals surface area (Å²) in [5, 5.41) is 0. The molecule has 0 unspecified atom stereocenters. The van der Waals surface area contributed by atoms with Crippen LogP contribution >= 0.6 is 0 Å². The van der Waals surface area contributed by atoms with Gasteiger partial charge in [-0.25, -0.2) is 4.79 Å². The molecule has 0 bridgehead atoms. The van der Waals surface area contributed by atoms with Crippen molar-refractivity contribution in [2.75, 3.05) is 7.11 Å². The quantitative estimate of drug-likeness (QED) is 0.485. The lowest BCUT2D eigenvalue weighted by atomic mass is 10.1. The topological polar surface area (TPSA) is 35.5 Å². The molecule has 0 aromatic heterocycles. The molecular formula is C17H14O3. The third kappa shape index (κ3) is 2.07. The summed E-state index contributed by atoms with van der Waals surface area (Å²) in [4.78, 5) is 11.1. The van der Waals surface area contributed by atoms with E-state index >= 15 is 0 Å². The highest BCUT2D eigenvalue weighted by Crippen LogP contribution is 2.44. The number of methoxy groups -OCH3 is 1. The van der Waals surface area contributed by atoms with E-state index in [-0.39, 0.29) is 6.10 Å². The van der Waals surface area contributed by atoms with E-state index in [1.165, 1.54) is 30.6 Å². The molecule has 1 aliphatic rings. The van der Waals surface area contributed by atoms with Gasteiger partial charge in [-0.1, -0.05) is 48.5 Å². The Morgan fingerprint density at radius 2 is 1.55 bits per heavy atom. The van der Waals surface area contributed by atoms with Crippen LogP contribution in [0.25, 0.3) is 11.1 Å². The third-order valence-electron chi connectivity index (χ3n) is 3.40. The molecule has 0 fully saturated rings. The first-order valence-electron chi connectivity index (χ1n) is 6.39. The number of benzene rings is 2. The molecule has 3 rings (SSSR count). The summed E-state index contributed by atoms with van der Waals surface area (Å²) in [5.74, 6) is -0.426. The maximum atomic E-state index is 11.1. The minimum absolute atomic E-state index is 0.177. The van der Waals surface area contributed by atoms with Gasteiger partial charge in [-0.15, -0.1) is 0 Å². The largest absolute Gasteiger partial charge is 0.488 e. The van der Waals surface area contributed by atoms with Crippen molar-refractivity contribution in [2.24, 2.45) is 0 Å². The molecule has 0 N–H and O–H groups in total. The van der Waals surface area contributed by atoms with Crippen LogP contribution in [0.15, 0.2) is 60.9 Å². The van der Waals surface area contributed by atoms with Gasteiger partial charge < -0.3 is 9.47 Å². The summed E-state index contributed by atoms with van der Waals surface area (Å²) in [6.45, 7) is 0. The van der Waals surface area contributed by atoms with E-state index in [9.17, 15) is 4.79 Å². The molecule has 0 atom stereocenters. The van der Waals surface area contributed by atoms with Crippen LogP contribution in [0.3, 0.4) is 0 Å². The van der Waals surface area contributed by atoms with Gasteiger partial charge in [-0.3, -0.25) is 0 Å². The first-order valence-corrected chi connectivity index (χ1v) is 6.39. The summed E-state index contributed by atoms with van der Waals surface area (Å²) in [7, 11) is 1.34. The second-order valence-electron chi connectivity index (χ2n) is 4.52. The van der Waals surface area contributed by atoms with Crippen LogP contribution in [0.4, 0.5) is 0 Å². The highest BCUT2D eigenvalue weighted by atomic mass is 16.5. The van der Waals surface area contributed by atoms with Gasteiger partial charge in [0.15, 0.2) is 0 Å². The number of fused-ring (bicyclic) bond motifs is 3. The number of ether oxygens (including phenoxy) is 2. The highest BCUT2D eigenvalue weighted by Gasteiger charge is 2.28. The predicted molar refractivity (Wildman–Crippen MR) is 76.0 cm³/mol. The van der Waals surface area contributed by atoms with Crippen LogP contribution in [-0.4, -0.2) is 13.1 Å². The van der Waals surface area contributed by atoms with E-state index in [0.717, 1.165) is 11.1 Å². The van der Waals surface area contributed by atoms with Gasteiger partial charge in [0.1, 0.15) is 6.10 Å². The molecule has 0 saturated heterocycles. The Hall–Kier alpha value is -2.55. The van der Waals surface area contributed by atoms with Crippen molar-refractivity contribution in [1.82, 2.24) is 0 Å². The molecule has 3 heteroatoms. The maximum absolute atomic E-state index is 11.1. The molecule has 3 nitrogen and oxygen atoms in total. The fourth-order valence-electron chi connectivity index (χ4n) is 2.50. The third-order valence-corrected chi connectivity index (χ3v) is 3.40. The zero-order valence-corrected chi connectivity index (χ0v) is 11.1. The van der Waals surface area contributed by atoms with Crippen LogP contribution in [0.5, 0.6) is 0 Å². The standard InChI is InChI=1S/C17H14O3/c1-19-16(18)10-11-20-17-14-8-4-2-6-12(14)13-7-3-5-9-15(13)17/h2-11,17H,1H3/b11-10+. The van der Waals surface area contributed by atoms with Crippen molar-refractivity contribution in [3.63, 3.8) is 0 Å². The van der Waals surface area contributed by atoms with E-state index in [0.29, 0.717) is 0 Å². The lowest BCUT2D eigenvalue weighted by Gasteiger charge is -2.12. The average Bonchev–Trinajstić information content (AvgIpc) is 2.82. The summed E-state index contributed by atoms with van der Waals surface area (Å²) in [5.41, 5.74) is 4.59. The van der Waals surface area contributed by atoms with E-state index in [2.05, 4.69) is 16.9 Å². The summed E-state index contributed by atoms with van der Waals surface area (Å²) in [6, 6.07) is 16.3. The van der Waals surface area contributed by atoms with Crippen molar-refractivity contribution in [3.8, 4) is 11.1 Å². The first-order chi connectivity index (χ1) is 9.81. The molecule has 0 saturated carbocycles. The summed E-state index contributed by atoms with van der Waals surface area (Å²) >= 11 is 0. The normalized spacial score (nSPS) is 13.1. The van der Waals surface area contributed by atoms with E-state index < -0.39 is 5.97 Å². The minimum Gasteiger partial charge on any atom is -0.488 e. The van der Waals surface area contributed by atoms with Crippen LogP contribution < -0.4 is 0 Å². The Labute approximate surface area is 117 Å². The van der Waals surface area contributed by atoms with E-state index in [1.807, 2.05) is 36.4 Å². The van der Waals surface area contributed by atoms with Gasteiger partial charge >= 0.3 is 5.97 Å². The first kappa shape index (κ1) is 12.5. The molecule has 20 heavy (non-hydrogen) atoms. The lowest BCUT2D eigenvalue weighted by molar-refractivity contribution is -0.135. The lowest BCUT2D eigenvalue weighted by Crippen LogP contribution is -2.00. The van der Waals surface area contributed by atoms with Crippen LogP contribution in [0.2, 0.25) is 0 Å². The SMILES string of the molecule is COC(=O)/C=C/OC1c2ccccc2-c2ccccc21. The number of hydrogen-bond acceptors (Lipinski definition) is 3. The molecule has 2 aromatic rings. The highest BCUT2D eigenvalue weighted by molar-refractivity contribution is 5.81. The van der Waals surface area contributed by atoms with Crippen LogP contribution in [-0.2, 0) is 14.3 Å². The number of rotatable bonds is 3. The number of hydrogen-bond donors (Lipinski definition) is 0. The van der Waals surface area contributed by atoms with Gasteiger partial charge in [-0.05, 0) is 11.1 Å². The molecular weight excluding hydrogens is 252 g/mol. The maximum Gasteiger partial charge on any atom is 0.333 e. The number of carbonyl (C=O) groups is 1. The average molecular weight is 266 g/mol. The smallest absolute Gasteiger partial charge is 0.333 e. The van der Waals surface area contributed by atoms with Gasteiger partial charge in [0, 0.05) is 11.1 Å². The van der Waals surface area contributed by atoms with E-state index in [1.54, 1.807) is 0 Å². The van der Waals surface area contributed by atoms with Gasteiger partial charge in [0.2, 0.25) is 0 Å². The monoisotopic (exact) mass is 266 g/mol. The second kappa shape index (κ2) is 5.21. The zero-order chi connectivity index (χ0) is 13.9. The second-order valence-corrected chi connectivity index (χ2v) is 4.52. The summed E-state index contributed by atoms with van der Waals surface area (Å²) < 4.78 is 10.3. The molecule has 2 aromatic carbocycles. The fourth-order valence-corrected chi connectivity index (χ4v) is 2.50. The van der Waals surface area contributed by atoms with E-state index in [4.69, 9.17) is 4.74 Å². The Morgan fingerprint density at radius 1 is 1.00 bits per heavy atom. The van der Waals surface area contributed by atoms with Crippen LogP contribution in [0, 0.1) is 0 Å². The fraction of sp³-hybridized carbons (Fsp3) is 0.118. The summed E-state index contributed by atoms with van der Waals surface area (Å²) in [6.07, 6.45) is 2.50. The van der Waals surface area contributed by atoms with Gasteiger partial charge in [0.25, 0.3) is 0 Å². The predicted octanol–water partition coefficient (Wildman–Crippen LogP) is 3.46. The Morgan fingerprint density at radius 3 is 2.10 bits per heavy atom. The van der Waals surface area contributed by atoms with Crippen LogP contribution in [0.1, 0.15) is 17.2 Å². The van der Waals surface area contributed by atoms with Gasteiger partial charge in [0.05, 0.1) is 19.4 Å². The molecule has 0 spiro atoms. The zero-order valence-electron chi connectivity index (χ0n) is 11.1. The molecule has 1 aliphatic carbocycles. The molecule has 0 radical (unpaired) electrons. The number of esters is 1. The van der Waals surface area contributed by atoms with Gasteiger partial charge in [-0.2, -0.15) is 0 Å². The van der Waals surface area contributed by atoms with Crippen molar-refractivity contribution in [3.05, 3.63) is 72.0 Å². The van der Waals surface area contributed by atoms with Crippen molar-refractivity contribution >= 4 is 5.97 Å². The Balaban J connectivity index is 1.95. The number of carbonyl (C=O) groups excluding carboxylic acids is 1. The molecule has 0 aliphatic heterocycles. The van der Waals surface area contributed by atoms with Crippen molar-refractivity contribution in [1.29, 1.82) is 0 Å².